The summed E-state index contributed by atoms with van der Waals surface area (Å²) in [4.78, 5) is 10.9. The van der Waals surface area contributed by atoms with Crippen LogP contribution in [0, 0.1) is 16.0 Å². The molecule has 0 fully saturated rings. The van der Waals surface area contributed by atoms with E-state index in [1.54, 1.807) is 12.1 Å². The number of fused-ring (bicyclic) bond motifs is 1. The van der Waals surface area contributed by atoms with E-state index in [0.29, 0.717) is 5.92 Å². The van der Waals surface area contributed by atoms with Crippen LogP contribution in [0.25, 0.3) is 0 Å². The summed E-state index contributed by atoms with van der Waals surface area (Å²) >= 11 is 0. The minimum absolute atomic E-state index is 0.225. The number of hydrogen-bond donors (Lipinski definition) is 1. The second-order valence-electron chi connectivity index (χ2n) is 5.52. The van der Waals surface area contributed by atoms with E-state index in [-0.39, 0.29) is 16.7 Å². The van der Waals surface area contributed by atoms with Crippen molar-refractivity contribution < 1.29 is 4.92 Å². The Hall–Kier alpha value is -2.20. The number of hydrogen-bond acceptors (Lipinski definition) is 3. The molecule has 3 rings (SSSR count). The molecule has 0 aromatic heterocycles. The Bertz CT molecular complexity index is 669. The van der Waals surface area contributed by atoms with Gasteiger partial charge in [-0.25, -0.2) is 0 Å². The van der Waals surface area contributed by atoms with Crippen LogP contribution in [-0.2, 0) is 12.8 Å². The molecule has 0 amide bonds. The van der Waals surface area contributed by atoms with Gasteiger partial charge in [0.25, 0.3) is 5.69 Å². The average Bonchev–Trinajstić information content (AvgIpc) is 2.84. The molecule has 0 heterocycles. The predicted molar refractivity (Wildman–Crippen MR) is 82.2 cm³/mol. The van der Waals surface area contributed by atoms with Gasteiger partial charge in [0.15, 0.2) is 0 Å². The minimum Gasteiger partial charge on any atom is -0.313 e. The van der Waals surface area contributed by atoms with E-state index in [4.69, 9.17) is 0 Å². The molecule has 108 valence electrons. The van der Waals surface area contributed by atoms with Crippen LogP contribution >= 0.6 is 0 Å². The summed E-state index contributed by atoms with van der Waals surface area (Å²) < 4.78 is 0. The third-order valence-corrected chi connectivity index (χ3v) is 4.33. The zero-order chi connectivity index (χ0) is 14.8. The van der Waals surface area contributed by atoms with Crippen LogP contribution in [0.4, 0.5) is 5.69 Å². The van der Waals surface area contributed by atoms with Gasteiger partial charge in [0.05, 0.1) is 4.92 Å². The van der Waals surface area contributed by atoms with Crippen molar-refractivity contribution in [1.29, 1.82) is 0 Å². The lowest BCUT2D eigenvalue weighted by molar-refractivity contribution is -0.385. The quantitative estimate of drug-likeness (QED) is 0.691. The first-order chi connectivity index (χ1) is 10.2. The van der Waals surface area contributed by atoms with Crippen molar-refractivity contribution in [3.63, 3.8) is 0 Å². The molecule has 0 radical (unpaired) electrons. The lowest BCUT2D eigenvalue weighted by Crippen LogP contribution is -2.23. The highest BCUT2D eigenvalue weighted by atomic mass is 16.6. The minimum atomic E-state index is -0.286. The van der Waals surface area contributed by atoms with Crippen LogP contribution in [-0.4, -0.2) is 12.0 Å². The SMILES string of the molecule is CNC1c2ccccc2CC1Cc1ccccc1[N+](=O)[O-]. The zero-order valence-electron chi connectivity index (χ0n) is 12.0. The molecular weight excluding hydrogens is 264 g/mol. The molecule has 2 aromatic rings. The number of benzene rings is 2. The molecule has 2 unspecified atom stereocenters. The first-order valence-electron chi connectivity index (χ1n) is 7.18. The van der Waals surface area contributed by atoms with Gasteiger partial charge >= 0.3 is 0 Å². The number of nitrogens with zero attached hydrogens (tertiary/aromatic N) is 1. The number of nitrogens with one attached hydrogen (secondary N) is 1. The van der Waals surface area contributed by atoms with Crippen molar-refractivity contribution in [3.8, 4) is 0 Å². The van der Waals surface area contributed by atoms with Crippen LogP contribution < -0.4 is 5.32 Å². The van der Waals surface area contributed by atoms with Gasteiger partial charge in [-0.2, -0.15) is 0 Å². The first kappa shape index (κ1) is 13.8. The largest absolute Gasteiger partial charge is 0.313 e. The molecule has 0 spiro atoms. The van der Waals surface area contributed by atoms with Crippen LogP contribution in [0.2, 0.25) is 0 Å². The Morgan fingerprint density at radius 2 is 1.90 bits per heavy atom. The summed E-state index contributed by atoms with van der Waals surface area (Å²) in [5, 5.41) is 14.5. The van der Waals surface area contributed by atoms with Gasteiger partial charge in [-0.3, -0.25) is 10.1 Å². The second kappa shape index (κ2) is 5.66. The van der Waals surface area contributed by atoms with Crippen molar-refractivity contribution in [1.82, 2.24) is 5.32 Å². The second-order valence-corrected chi connectivity index (χ2v) is 5.52. The van der Waals surface area contributed by atoms with E-state index < -0.39 is 0 Å². The molecule has 21 heavy (non-hydrogen) atoms. The smallest absolute Gasteiger partial charge is 0.272 e. The van der Waals surface area contributed by atoms with E-state index in [1.165, 1.54) is 11.1 Å². The molecule has 1 aliphatic rings. The maximum Gasteiger partial charge on any atom is 0.272 e. The third kappa shape index (κ3) is 2.54. The van der Waals surface area contributed by atoms with Crippen LogP contribution in [0.15, 0.2) is 48.5 Å². The van der Waals surface area contributed by atoms with Gasteiger partial charge in [0.2, 0.25) is 0 Å². The Labute approximate surface area is 124 Å². The maximum atomic E-state index is 11.2. The Kier molecular flexibility index (Phi) is 3.71. The molecule has 1 aliphatic carbocycles. The molecular formula is C17H18N2O2. The summed E-state index contributed by atoms with van der Waals surface area (Å²) in [6.45, 7) is 0. The van der Waals surface area contributed by atoms with Crippen molar-refractivity contribution >= 4 is 5.69 Å². The number of rotatable bonds is 4. The van der Waals surface area contributed by atoms with Crippen LogP contribution in [0.3, 0.4) is 0 Å². The average molecular weight is 282 g/mol. The summed E-state index contributed by atoms with van der Waals surface area (Å²) in [6, 6.07) is 15.7. The van der Waals surface area contributed by atoms with Crippen molar-refractivity contribution in [2.24, 2.45) is 5.92 Å². The van der Waals surface area contributed by atoms with Crippen LogP contribution in [0.1, 0.15) is 22.7 Å². The topological polar surface area (TPSA) is 55.2 Å². The van der Waals surface area contributed by atoms with E-state index in [9.17, 15) is 10.1 Å². The fourth-order valence-corrected chi connectivity index (χ4v) is 3.40. The van der Waals surface area contributed by atoms with Gasteiger partial charge in [-0.05, 0) is 36.9 Å². The number of nitro groups is 1. The summed E-state index contributed by atoms with van der Waals surface area (Å²) in [5.41, 5.74) is 3.72. The van der Waals surface area contributed by atoms with Gasteiger partial charge in [-0.1, -0.05) is 42.5 Å². The number of para-hydroxylation sites is 1. The maximum absolute atomic E-state index is 11.2. The van der Waals surface area contributed by atoms with Gasteiger partial charge in [0, 0.05) is 17.7 Å². The third-order valence-electron chi connectivity index (χ3n) is 4.33. The molecule has 0 bridgehead atoms. The Morgan fingerprint density at radius 3 is 2.67 bits per heavy atom. The lowest BCUT2D eigenvalue weighted by Gasteiger charge is -2.20. The van der Waals surface area contributed by atoms with Crippen LogP contribution in [0.5, 0.6) is 0 Å². The Balaban J connectivity index is 1.88. The van der Waals surface area contributed by atoms with Crippen molar-refractivity contribution in [2.45, 2.75) is 18.9 Å². The molecule has 0 saturated heterocycles. The van der Waals surface area contributed by atoms with Gasteiger partial charge in [-0.15, -0.1) is 0 Å². The standard InChI is InChI=1S/C17H18N2O2/c1-18-17-14(10-12-6-2-4-8-15(12)17)11-13-7-3-5-9-16(13)19(20)21/h2-9,14,17-18H,10-11H2,1H3. The van der Waals surface area contributed by atoms with E-state index >= 15 is 0 Å². The fraction of sp³-hybridized carbons (Fsp3) is 0.294. The fourth-order valence-electron chi connectivity index (χ4n) is 3.40. The van der Waals surface area contributed by atoms with Crippen molar-refractivity contribution in [3.05, 3.63) is 75.3 Å². The molecule has 4 nitrogen and oxygen atoms in total. The number of nitro benzene ring substituents is 1. The molecule has 0 aliphatic heterocycles. The highest BCUT2D eigenvalue weighted by Crippen LogP contribution is 2.38. The molecule has 2 atom stereocenters. The summed E-state index contributed by atoms with van der Waals surface area (Å²) in [6.07, 6.45) is 1.69. The monoisotopic (exact) mass is 282 g/mol. The Morgan fingerprint density at radius 1 is 1.19 bits per heavy atom. The van der Waals surface area contributed by atoms with E-state index in [1.807, 2.05) is 19.2 Å². The zero-order valence-corrected chi connectivity index (χ0v) is 12.0. The van der Waals surface area contributed by atoms with E-state index in [0.717, 1.165) is 18.4 Å². The normalized spacial score (nSPS) is 20.2. The highest BCUT2D eigenvalue weighted by molar-refractivity contribution is 5.42. The molecule has 0 saturated carbocycles. The molecule has 4 heteroatoms. The molecule has 1 N–H and O–H groups in total. The summed E-state index contributed by atoms with van der Waals surface area (Å²) in [5.74, 6) is 0.355. The van der Waals surface area contributed by atoms with Crippen molar-refractivity contribution in [2.75, 3.05) is 7.05 Å². The highest BCUT2D eigenvalue weighted by Gasteiger charge is 2.32. The summed E-state index contributed by atoms with van der Waals surface area (Å²) in [7, 11) is 1.96. The predicted octanol–water partition coefficient (Wildman–Crippen LogP) is 3.27. The lowest BCUT2D eigenvalue weighted by atomic mass is 9.92. The molecule has 2 aromatic carbocycles. The van der Waals surface area contributed by atoms with E-state index in [2.05, 4.69) is 29.6 Å². The van der Waals surface area contributed by atoms with Gasteiger partial charge < -0.3 is 5.32 Å². The van der Waals surface area contributed by atoms with Gasteiger partial charge in [0.1, 0.15) is 0 Å². The first-order valence-corrected chi connectivity index (χ1v) is 7.18.